The normalized spacial score (nSPS) is 24.8. The van der Waals surface area contributed by atoms with Crippen molar-refractivity contribution in [2.45, 2.75) is 57.0 Å². The van der Waals surface area contributed by atoms with Crippen molar-refractivity contribution < 1.29 is 9.59 Å². The summed E-state index contributed by atoms with van der Waals surface area (Å²) in [4.78, 5) is 37.1. The first-order chi connectivity index (χ1) is 14.0. The first-order valence-electron chi connectivity index (χ1n) is 10.7. The molecule has 1 saturated heterocycles. The molecule has 3 aliphatic rings. The molecular formula is C22H28N4O3. The molecule has 7 heteroatoms. The molecule has 1 aliphatic heterocycles. The fraction of sp³-hybridized carbons (Fsp3) is 0.591. The number of fused-ring (bicyclic) bond motifs is 1. The van der Waals surface area contributed by atoms with E-state index in [2.05, 4.69) is 10.6 Å². The predicted molar refractivity (Wildman–Crippen MR) is 111 cm³/mol. The number of aromatic nitrogens is 2. The molecular weight excluding hydrogens is 368 g/mol. The van der Waals surface area contributed by atoms with Crippen molar-refractivity contribution in [1.29, 1.82) is 0 Å². The van der Waals surface area contributed by atoms with Gasteiger partial charge in [-0.3, -0.25) is 18.7 Å². The maximum absolute atomic E-state index is 13.0. The molecule has 1 spiro atoms. The summed E-state index contributed by atoms with van der Waals surface area (Å²) in [5, 5.41) is 7.10. The lowest BCUT2D eigenvalue weighted by molar-refractivity contribution is -0.132. The molecule has 1 unspecified atom stereocenters. The lowest BCUT2D eigenvalue weighted by Gasteiger charge is -2.51. The van der Waals surface area contributed by atoms with E-state index in [0.717, 1.165) is 29.8 Å². The highest BCUT2D eigenvalue weighted by Crippen LogP contribution is 2.49. The zero-order chi connectivity index (χ0) is 20.2. The molecule has 29 heavy (non-hydrogen) atoms. The van der Waals surface area contributed by atoms with E-state index < -0.39 is 6.04 Å². The van der Waals surface area contributed by atoms with Gasteiger partial charge in [0, 0.05) is 19.5 Å². The van der Waals surface area contributed by atoms with Crippen LogP contribution in [0.3, 0.4) is 0 Å². The summed E-state index contributed by atoms with van der Waals surface area (Å²) in [7, 11) is 1.76. The number of rotatable bonds is 3. The van der Waals surface area contributed by atoms with Crippen LogP contribution in [0.25, 0.3) is 11.0 Å². The summed E-state index contributed by atoms with van der Waals surface area (Å²) in [6.07, 6.45) is 5.53. The van der Waals surface area contributed by atoms with Crippen molar-refractivity contribution in [2.75, 3.05) is 18.4 Å². The van der Waals surface area contributed by atoms with Gasteiger partial charge in [-0.1, -0.05) is 6.07 Å². The fourth-order valence-electron chi connectivity index (χ4n) is 5.66. The number of hydrogen-bond donors (Lipinski definition) is 2. The van der Waals surface area contributed by atoms with Crippen LogP contribution in [0.15, 0.2) is 23.0 Å². The number of nitrogens with one attached hydrogen (secondary N) is 2. The van der Waals surface area contributed by atoms with Crippen molar-refractivity contribution in [3.05, 3.63) is 28.7 Å². The molecule has 0 radical (unpaired) electrons. The first kappa shape index (κ1) is 18.6. The molecule has 1 aromatic heterocycles. The highest BCUT2D eigenvalue weighted by atomic mass is 16.2. The van der Waals surface area contributed by atoms with E-state index in [1.54, 1.807) is 16.2 Å². The SMILES string of the molecule is Cn1c(=O)n(C2CCC(=O)CC2=O)c2cccc(NC3CC4(CCNCC4)C3)c21. The van der Waals surface area contributed by atoms with Crippen LogP contribution in [0.5, 0.6) is 0 Å². The number of imidazole rings is 1. The summed E-state index contributed by atoms with van der Waals surface area (Å²) in [5.41, 5.74) is 2.86. The van der Waals surface area contributed by atoms with E-state index in [9.17, 15) is 14.4 Å². The second kappa shape index (κ2) is 6.83. The lowest BCUT2D eigenvalue weighted by atomic mass is 9.60. The maximum atomic E-state index is 13.0. The molecule has 7 nitrogen and oxygen atoms in total. The van der Waals surface area contributed by atoms with Gasteiger partial charge in [-0.15, -0.1) is 0 Å². The smallest absolute Gasteiger partial charge is 0.329 e. The number of hydrogen-bond acceptors (Lipinski definition) is 5. The minimum absolute atomic E-state index is 0.0290. The molecule has 2 aromatic rings. The van der Waals surface area contributed by atoms with Gasteiger partial charge in [-0.05, 0) is 62.7 Å². The van der Waals surface area contributed by atoms with Gasteiger partial charge in [0.1, 0.15) is 5.78 Å². The third-order valence-corrected chi connectivity index (χ3v) is 7.24. The van der Waals surface area contributed by atoms with E-state index in [4.69, 9.17) is 0 Å². The van der Waals surface area contributed by atoms with E-state index >= 15 is 0 Å². The van der Waals surface area contributed by atoms with Crippen LogP contribution in [-0.2, 0) is 16.6 Å². The van der Waals surface area contributed by atoms with E-state index in [-0.39, 0.29) is 23.7 Å². The largest absolute Gasteiger partial charge is 0.381 e. The summed E-state index contributed by atoms with van der Waals surface area (Å²) in [6.45, 7) is 2.22. The van der Waals surface area contributed by atoms with Gasteiger partial charge in [-0.2, -0.15) is 0 Å². The van der Waals surface area contributed by atoms with Gasteiger partial charge in [0.25, 0.3) is 0 Å². The Hall–Kier alpha value is -2.41. The standard InChI is InChI=1S/C22H28N4O3/c1-25-20-16(24-14-12-22(13-14)7-9-23-10-8-22)3-2-4-18(20)26(21(25)29)17-6-5-15(27)11-19(17)28/h2-4,14,17,23-24H,5-13H2,1H3. The molecule has 0 bridgehead atoms. The Morgan fingerprint density at radius 1 is 1.14 bits per heavy atom. The topological polar surface area (TPSA) is 85.1 Å². The van der Waals surface area contributed by atoms with Crippen molar-refractivity contribution >= 4 is 28.3 Å². The third kappa shape index (κ3) is 3.03. The quantitative estimate of drug-likeness (QED) is 0.777. The number of carbonyl (C=O) groups excluding carboxylic acids is 2. The zero-order valence-electron chi connectivity index (χ0n) is 16.9. The number of carbonyl (C=O) groups is 2. The molecule has 2 heterocycles. The molecule has 1 aromatic carbocycles. The second-order valence-electron chi connectivity index (χ2n) is 9.12. The van der Waals surface area contributed by atoms with Crippen molar-refractivity contribution in [3.8, 4) is 0 Å². The van der Waals surface area contributed by atoms with E-state index in [0.29, 0.717) is 24.3 Å². The number of nitrogens with zero attached hydrogens (tertiary/aromatic N) is 2. The summed E-state index contributed by atoms with van der Waals surface area (Å²) in [5.74, 6) is -0.181. The van der Waals surface area contributed by atoms with Crippen LogP contribution in [0.2, 0.25) is 0 Å². The van der Waals surface area contributed by atoms with Crippen LogP contribution < -0.4 is 16.3 Å². The molecule has 2 aliphatic carbocycles. The molecule has 0 amide bonds. The summed E-state index contributed by atoms with van der Waals surface area (Å²) < 4.78 is 3.24. The number of ketones is 2. The Morgan fingerprint density at radius 2 is 1.90 bits per heavy atom. The zero-order valence-corrected chi connectivity index (χ0v) is 16.9. The number of para-hydroxylation sites is 1. The minimum atomic E-state index is -0.541. The average Bonchev–Trinajstić information content (AvgIpc) is 2.93. The van der Waals surface area contributed by atoms with Crippen LogP contribution in [0.4, 0.5) is 5.69 Å². The average molecular weight is 396 g/mol. The van der Waals surface area contributed by atoms with Gasteiger partial charge in [0.2, 0.25) is 0 Å². The highest BCUT2D eigenvalue weighted by molar-refractivity contribution is 6.03. The fourth-order valence-corrected chi connectivity index (χ4v) is 5.66. The molecule has 2 saturated carbocycles. The Kier molecular flexibility index (Phi) is 4.38. The lowest BCUT2D eigenvalue weighted by Crippen LogP contribution is -2.50. The van der Waals surface area contributed by atoms with Gasteiger partial charge in [0.05, 0.1) is 29.2 Å². The summed E-state index contributed by atoms with van der Waals surface area (Å²) in [6, 6.07) is 5.75. The molecule has 2 N–H and O–H groups in total. The summed E-state index contributed by atoms with van der Waals surface area (Å²) >= 11 is 0. The molecule has 3 fully saturated rings. The van der Waals surface area contributed by atoms with Gasteiger partial charge >= 0.3 is 5.69 Å². The van der Waals surface area contributed by atoms with E-state index in [1.807, 2.05) is 18.2 Å². The maximum Gasteiger partial charge on any atom is 0.329 e. The van der Waals surface area contributed by atoms with Crippen molar-refractivity contribution in [3.63, 3.8) is 0 Å². The Bertz CT molecular complexity index is 1040. The molecule has 154 valence electrons. The number of benzene rings is 1. The van der Waals surface area contributed by atoms with Crippen LogP contribution in [-0.4, -0.2) is 39.8 Å². The van der Waals surface area contributed by atoms with Crippen molar-refractivity contribution in [2.24, 2.45) is 12.5 Å². The third-order valence-electron chi connectivity index (χ3n) is 7.24. The predicted octanol–water partition coefficient (Wildman–Crippen LogP) is 2.15. The molecule has 5 rings (SSSR count). The van der Waals surface area contributed by atoms with Gasteiger partial charge in [0.15, 0.2) is 5.78 Å². The second-order valence-corrected chi connectivity index (χ2v) is 9.12. The highest BCUT2D eigenvalue weighted by Gasteiger charge is 2.44. The van der Waals surface area contributed by atoms with Crippen molar-refractivity contribution in [1.82, 2.24) is 14.5 Å². The van der Waals surface area contributed by atoms with E-state index in [1.165, 1.54) is 25.7 Å². The number of piperidine rings is 1. The van der Waals surface area contributed by atoms with Gasteiger partial charge in [-0.25, -0.2) is 4.79 Å². The van der Waals surface area contributed by atoms with Crippen LogP contribution >= 0.6 is 0 Å². The van der Waals surface area contributed by atoms with Gasteiger partial charge < -0.3 is 10.6 Å². The monoisotopic (exact) mass is 396 g/mol. The molecule has 1 atom stereocenters. The Morgan fingerprint density at radius 3 is 2.62 bits per heavy atom. The number of Topliss-reactive ketones (excluding diaryl/α,β-unsaturated/α-hetero) is 2. The number of anilines is 1. The number of aryl methyl sites for hydroxylation is 1. The Balaban J connectivity index is 1.45. The van der Waals surface area contributed by atoms with Crippen LogP contribution in [0, 0.1) is 5.41 Å². The minimum Gasteiger partial charge on any atom is -0.381 e. The first-order valence-corrected chi connectivity index (χ1v) is 10.7. The Labute approximate surface area is 169 Å². The van der Waals surface area contributed by atoms with Crippen LogP contribution in [0.1, 0.15) is 51.0 Å².